The number of aliphatic carboxylic acids is 1. The van der Waals surface area contributed by atoms with E-state index in [1.165, 1.54) is 0 Å². The third kappa shape index (κ3) is 3.79. The Labute approximate surface area is 208 Å². The van der Waals surface area contributed by atoms with Crippen molar-refractivity contribution in [2.75, 3.05) is 6.54 Å². The Hall–Kier alpha value is -4.17. The van der Waals surface area contributed by atoms with Crippen LogP contribution >= 0.6 is 0 Å². The zero-order chi connectivity index (χ0) is 25.6. The number of aryl methyl sites for hydroxylation is 2. The Bertz CT molecular complexity index is 1570. The van der Waals surface area contributed by atoms with Crippen LogP contribution in [0.3, 0.4) is 0 Å². The molecule has 8 nitrogen and oxygen atoms in total. The molecule has 4 heterocycles. The first-order valence-electron chi connectivity index (χ1n) is 12.0. The van der Waals surface area contributed by atoms with Gasteiger partial charge in [-0.05, 0) is 43.5 Å². The molecular formula is C28H28N4O4. The summed E-state index contributed by atoms with van der Waals surface area (Å²) in [6.45, 7) is 2.56. The highest BCUT2D eigenvalue weighted by molar-refractivity contribution is 6.50. The van der Waals surface area contributed by atoms with Crippen LogP contribution in [0.4, 0.5) is 0 Å². The minimum atomic E-state index is -0.833. The quantitative estimate of drug-likeness (QED) is 0.386. The molecular weight excluding hydrogens is 456 g/mol. The average molecular weight is 485 g/mol. The first-order valence-corrected chi connectivity index (χ1v) is 12.0. The number of nitrogens with zero attached hydrogens (tertiary/aromatic N) is 2. The van der Waals surface area contributed by atoms with E-state index in [2.05, 4.69) is 22.0 Å². The lowest BCUT2D eigenvalue weighted by Gasteiger charge is -2.25. The van der Waals surface area contributed by atoms with Crippen molar-refractivity contribution >= 4 is 50.7 Å². The number of carbonyl (C=O) groups excluding carboxylic acids is 2. The number of hydrogen-bond donors (Lipinski definition) is 3. The fourth-order valence-corrected chi connectivity index (χ4v) is 5.46. The van der Waals surface area contributed by atoms with Crippen LogP contribution in [0.5, 0.6) is 0 Å². The smallest absolute Gasteiger partial charge is 0.300 e. The molecule has 4 aromatic rings. The van der Waals surface area contributed by atoms with Crippen LogP contribution in [0.15, 0.2) is 54.6 Å². The predicted molar refractivity (Wildman–Crippen MR) is 139 cm³/mol. The van der Waals surface area contributed by atoms with E-state index in [4.69, 9.17) is 15.6 Å². The van der Waals surface area contributed by atoms with Crippen LogP contribution in [-0.2, 0) is 34.4 Å². The van der Waals surface area contributed by atoms with E-state index in [1.54, 1.807) is 0 Å². The molecule has 0 bridgehead atoms. The number of para-hydroxylation sites is 2. The molecule has 8 heteroatoms. The molecule has 4 N–H and O–H groups in total. The molecule has 0 aliphatic carbocycles. The Morgan fingerprint density at radius 2 is 1.69 bits per heavy atom. The predicted octanol–water partition coefficient (Wildman–Crippen LogP) is 3.31. The third-order valence-electron chi connectivity index (χ3n) is 7.04. The van der Waals surface area contributed by atoms with Crippen molar-refractivity contribution in [3.8, 4) is 0 Å². The molecule has 36 heavy (non-hydrogen) atoms. The van der Waals surface area contributed by atoms with Gasteiger partial charge in [0.2, 0.25) is 0 Å². The monoisotopic (exact) mass is 484 g/mol. The standard InChI is InChI=1S/C26H24N4O2.C2H4O2/c1-29-18-8-4-2-6-16(18)13-20(29)23-24(26(32)28-25(23)31)22-17-7-3-5-9-19(17)30-11-10-15(14-27)12-21(22)30;1-2(3)4/h2-9,13,15H,10-12,14,27H2,1H3,(H,28,31,32);1H3,(H,3,4). The first kappa shape index (κ1) is 23.6. The molecule has 1 atom stereocenters. The number of benzene rings is 2. The number of imide groups is 1. The van der Waals surface area contributed by atoms with Gasteiger partial charge in [0.25, 0.3) is 17.8 Å². The van der Waals surface area contributed by atoms with E-state index in [0.29, 0.717) is 23.6 Å². The molecule has 0 radical (unpaired) electrons. The molecule has 2 aromatic heterocycles. The van der Waals surface area contributed by atoms with Crippen molar-refractivity contribution in [1.82, 2.24) is 14.5 Å². The second-order valence-corrected chi connectivity index (χ2v) is 9.28. The van der Waals surface area contributed by atoms with Gasteiger partial charge < -0.3 is 20.0 Å². The number of nitrogens with two attached hydrogens (primary N) is 1. The van der Waals surface area contributed by atoms with Gasteiger partial charge in [0.1, 0.15) is 0 Å². The summed E-state index contributed by atoms with van der Waals surface area (Å²) in [7, 11) is 1.94. The summed E-state index contributed by atoms with van der Waals surface area (Å²) in [5.74, 6) is -1.14. The maximum absolute atomic E-state index is 13.2. The minimum Gasteiger partial charge on any atom is -0.481 e. The largest absolute Gasteiger partial charge is 0.481 e. The van der Waals surface area contributed by atoms with Gasteiger partial charge in [0.15, 0.2) is 0 Å². The Morgan fingerprint density at radius 3 is 2.39 bits per heavy atom. The fourth-order valence-electron chi connectivity index (χ4n) is 5.46. The first-order chi connectivity index (χ1) is 17.3. The van der Waals surface area contributed by atoms with E-state index in [0.717, 1.165) is 65.1 Å². The lowest BCUT2D eigenvalue weighted by atomic mass is 9.90. The summed E-state index contributed by atoms with van der Waals surface area (Å²) in [6, 6.07) is 18.2. The number of fused-ring (bicyclic) bond motifs is 4. The molecule has 2 aliphatic rings. The Balaban J connectivity index is 0.000000623. The van der Waals surface area contributed by atoms with Gasteiger partial charge in [0.05, 0.1) is 16.8 Å². The van der Waals surface area contributed by atoms with Gasteiger partial charge in [-0.2, -0.15) is 0 Å². The SMILES string of the molecule is CC(=O)O.Cn1c(C2=C(c3c4n(c5ccccc35)CCC(CN)C4)C(=O)NC2=O)cc2ccccc21. The second-order valence-electron chi connectivity index (χ2n) is 9.28. The summed E-state index contributed by atoms with van der Waals surface area (Å²) < 4.78 is 4.30. The zero-order valence-electron chi connectivity index (χ0n) is 20.2. The minimum absolute atomic E-state index is 0.329. The lowest BCUT2D eigenvalue weighted by molar-refractivity contribution is -0.134. The molecule has 0 saturated carbocycles. The van der Waals surface area contributed by atoms with Gasteiger partial charge >= 0.3 is 0 Å². The van der Waals surface area contributed by atoms with Gasteiger partial charge in [-0.1, -0.05) is 36.4 Å². The van der Waals surface area contributed by atoms with Crippen molar-refractivity contribution in [3.05, 3.63) is 71.5 Å². The fraction of sp³-hybridized carbons (Fsp3) is 0.250. The van der Waals surface area contributed by atoms with Gasteiger partial charge in [-0.25, -0.2) is 0 Å². The highest BCUT2D eigenvalue weighted by Gasteiger charge is 2.38. The number of carboxylic acid groups (broad SMARTS) is 1. The number of aromatic nitrogens is 2. The maximum atomic E-state index is 13.2. The molecule has 0 spiro atoms. The molecule has 2 aliphatic heterocycles. The summed E-state index contributed by atoms with van der Waals surface area (Å²) in [4.78, 5) is 35.4. The van der Waals surface area contributed by atoms with E-state index >= 15 is 0 Å². The lowest BCUT2D eigenvalue weighted by Crippen LogP contribution is -2.26. The number of rotatable bonds is 3. The molecule has 2 amide bonds. The summed E-state index contributed by atoms with van der Waals surface area (Å²) >= 11 is 0. The van der Waals surface area contributed by atoms with Crippen molar-refractivity contribution in [1.29, 1.82) is 0 Å². The summed E-state index contributed by atoms with van der Waals surface area (Å²) in [6.07, 6.45) is 1.82. The molecule has 0 saturated heterocycles. The topological polar surface area (TPSA) is 119 Å². The molecule has 0 fully saturated rings. The van der Waals surface area contributed by atoms with E-state index in [-0.39, 0.29) is 11.8 Å². The molecule has 2 aromatic carbocycles. The Kier molecular flexibility index (Phi) is 5.97. The average Bonchev–Trinajstić information content (AvgIpc) is 3.46. The highest BCUT2D eigenvalue weighted by Crippen LogP contribution is 2.42. The summed E-state index contributed by atoms with van der Waals surface area (Å²) in [5.41, 5.74) is 11.8. The number of amides is 2. The van der Waals surface area contributed by atoms with E-state index in [1.807, 2.05) is 54.1 Å². The summed E-state index contributed by atoms with van der Waals surface area (Å²) in [5, 5.41) is 12.0. The van der Waals surface area contributed by atoms with Gasteiger partial charge in [-0.15, -0.1) is 0 Å². The van der Waals surface area contributed by atoms with Crippen molar-refractivity contribution < 1.29 is 19.5 Å². The second kappa shape index (κ2) is 9.13. The highest BCUT2D eigenvalue weighted by atomic mass is 16.4. The Morgan fingerprint density at radius 1 is 1.06 bits per heavy atom. The van der Waals surface area contributed by atoms with Crippen molar-refractivity contribution in [2.24, 2.45) is 18.7 Å². The van der Waals surface area contributed by atoms with Crippen LogP contribution in [0.2, 0.25) is 0 Å². The van der Waals surface area contributed by atoms with Crippen LogP contribution < -0.4 is 11.1 Å². The van der Waals surface area contributed by atoms with Crippen molar-refractivity contribution in [3.63, 3.8) is 0 Å². The third-order valence-corrected chi connectivity index (χ3v) is 7.04. The normalized spacial score (nSPS) is 17.2. The number of carboxylic acids is 1. The zero-order valence-corrected chi connectivity index (χ0v) is 20.2. The molecule has 6 rings (SSSR count). The van der Waals surface area contributed by atoms with Gasteiger partial charge in [-0.3, -0.25) is 19.7 Å². The molecule has 1 unspecified atom stereocenters. The van der Waals surface area contributed by atoms with Gasteiger partial charge in [0, 0.05) is 53.6 Å². The van der Waals surface area contributed by atoms with E-state index < -0.39 is 5.97 Å². The maximum Gasteiger partial charge on any atom is 0.300 e. The number of carbonyl (C=O) groups is 3. The van der Waals surface area contributed by atoms with Crippen LogP contribution in [0, 0.1) is 5.92 Å². The number of hydrogen-bond acceptors (Lipinski definition) is 4. The van der Waals surface area contributed by atoms with E-state index in [9.17, 15) is 9.59 Å². The number of nitrogens with one attached hydrogen (secondary N) is 1. The van der Waals surface area contributed by atoms with Crippen LogP contribution in [0.1, 0.15) is 30.3 Å². The molecule has 184 valence electrons. The van der Waals surface area contributed by atoms with Crippen LogP contribution in [-0.4, -0.2) is 38.6 Å². The van der Waals surface area contributed by atoms with Crippen LogP contribution in [0.25, 0.3) is 33.0 Å². The van der Waals surface area contributed by atoms with Crippen molar-refractivity contribution in [2.45, 2.75) is 26.3 Å².